The monoisotopic (exact) mass is 350 g/mol. The van der Waals surface area contributed by atoms with Gasteiger partial charge in [0.05, 0.1) is 29.8 Å². The van der Waals surface area contributed by atoms with E-state index >= 15 is 0 Å². The zero-order chi connectivity index (χ0) is 18.2. The number of hydrogen-bond acceptors (Lipinski definition) is 4. The molecular weight excluding hydrogens is 322 g/mol. The van der Waals surface area contributed by atoms with Crippen molar-refractivity contribution in [2.45, 2.75) is 64.0 Å². The predicted molar refractivity (Wildman–Crippen MR) is 95.8 cm³/mol. The minimum Gasteiger partial charge on any atom is -0.494 e. The molecule has 0 saturated heterocycles. The molecule has 0 spiro atoms. The Labute approximate surface area is 148 Å². The van der Waals surface area contributed by atoms with Crippen LogP contribution in [0.5, 0.6) is 5.75 Å². The highest BCUT2D eigenvalue weighted by Gasteiger charge is 2.23. The lowest BCUT2D eigenvalue weighted by Gasteiger charge is -2.22. The number of rotatable bonds is 6. The van der Waals surface area contributed by atoms with Crippen molar-refractivity contribution in [3.63, 3.8) is 0 Å². The van der Waals surface area contributed by atoms with Crippen LogP contribution in [0.4, 0.5) is 11.4 Å². The second kappa shape index (κ2) is 9.36. The number of non-ortho nitro benzene ring substituents is 1. The van der Waals surface area contributed by atoms with Crippen LogP contribution in [0.1, 0.15) is 51.9 Å². The summed E-state index contributed by atoms with van der Waals surface area (Å²) in [5, 5.41) is 15.8. The lowest BCUT2D eigenvalue weighted by Crippen LogP contribution is -2.96. The number of amides is 1. The maximum atomic E-state index is 12.5. The third kappa shape index (κ3) is 5.70. The van der Waals surface area contributed by atoms with Gasteiger partial charge in [0.1, 0.15) is 5.75 Å². The van der Waals surface area contributed by atoms with Gasteiger partial charge < -0.3 is 15.4 Å². The van der Waals surface area contributed by atoms with Crippen molar-refractivity contribution in [3.8, 4) is 5.75 Å². The van der Waals surface area contributed by atoms with Crippen LogP contribution in [0.3, 0.4) is 0 Å². The van der Waals surface area contributed by atoms with E-state index in [1.54, 1.807) is 0 Å². The minimum atomic E-state index is -0.487. The van der Waals surface area contributed by atoms with E-state index < -0.39 is 4.92 Å². The SMILES string of the molecule is COc1cc([N+](=O)[O-])ccc1NC(=O)[C@H](C)[NH2+]C1CCCCCCC1. The van der Waals surface area contributed by atoms with Gasteiger partial charge in [0.2, 0.25) is 0 Å². The Hall–Kier alpha value is -2.15. The van der Waals surface area contributed by atoms with Crippen LogP contribution < -0.4 is 15.4 Å². The third-order valence-electron chi connectivity index (χ3n) is 4.78. The van der Waals surface area contributed by atoms with E-state index in [1.165, 1.54) is 57.4 Å². The van der Waals surface area contributed by atoms with Crippen LogP contribution in [0.2, 0.25) is 0 Å². The number of nitrogens with two attached hydrogens (primary N) is 1. The van der Waals surface area contributed by atoms with Crippen LogP contribution >= 0.6 is 0 Å². The maximum Gasteiger partial charge on any atom is 0.282 e. The molecule has 138 valence electrons. The smallest absolute Gasteiger partial charge is 0.282 e. The van der Waals surface area contributed by atoms with Crippen LogP contribution in [-0.2, 0) is 4.79 Å². The van der Waals surface area contributed by atoms with E-state index in [-0.39, 0.29) is 17.6 Å². The highest BCUT2D eigenvalue weighted by molar-refractivity contribution is 5.95. The summed E-state index contributed by atoms with van der Waals surface area (Å²) >= 11 is 0. The zero-order valence-corrected chi connectivity index (χ0v) is 15.0. The molecule has 1 fully saturated rings. The Balaban J connectivity index is 1.96. The van der Waals surface area contributed by atoms with E-state index in [2.05, 4.69) is 10.6 Å². The number of nitrogens with zero attached hydrogens (tertiary/aromatic N) is 1. The fraction of sp³-hybridized carbons (Fsp3) is 0.611. The van der Waals surface area contributed by atoms with E-state index in [9.17, 15) is 14.9 Å². The van der Waals surface area contributed by atoms with E-state index in [0.29, 0.717) is 17.5 Å². The minimum absolute atomic E-state index is 0.0658. The van der Waals surface area contributed by atoms with E-state index in [1.807, 2.05) is 6.92 Å². The fourth-order valence-corrected chi connectivity index (χ4v) is 3.32. The Bertz CT molecular complexity index is 598. The number of anilines is 1. The van der Waals surface area contributed by atoms with Crippen molar-refractivity contribution in [2.24, 2.45) is 0 Å². The Morgan fingerprint density at radius 3 is 2.52 bits per heavy atom. The van der Waals surface area contributed by atoms with Crippen LogP contribution in [-0.4, -0.2) is 30.0 Å². The van der Waals surface area contributed by atoms with Crippen LogP contribution in [0, 0.1) is 10.1 Å². The molecule has 2 rings (SSSR count). The molecule has 25 heavy (non-hydrogen) atoms. The summed E-state index contributed by atoms with van der Waals surface area (Å²) < 4.78 is 5.17. The zero-order valence-electron chi connectivity index (χ0n) is 15.0. The number of benzene rings is 1. The summed E-state index contributed by atoms with van der Waals surface area (Å²) in [4.78, 5) is 22.9. The standard InChI is InChI=1S/C18H27N3O4/c1-13(19-14-8-6-4-3-5-7-9-14)18(22)20-16-11-10-15(21(23)24)12-17(16)25-2/h10-14,19H,3-9H2,1-2H3,(H,20,22)/p+1/t13-/m0/s1. The third-order valence-corrected chi connectivity index (χ3v) is 4.78. The summed E-state index contributed by atoms with van der Waals surface area (Å²) in [6, 6.07) is 4.46. The molecule has 1 saturated carbocycles. The van der Waals surface area contributed by atoms with Crippen molar-refractivity contribution in [2.75, 3.05) is 12.4 Å². The van der Waals surface area contributed by atoms with Gasteiger partial charge in [0.25, 0.3) is 11.6 Å². The molecule has 0 heterocycles. The van der Waals surface area contributed by atoms with Gasteiger partial charge in [0.15, 0.2) is 6.04 Å². The molecule has 1 aromatic rings. The lowest BCUT2D eigenvalue weighted by molar-refractivity contribution is -0.707. The summed E-state index contributed by atoms with van der Waals surface area (Å²) in [5.41, 5.74) is 0.389. The first-order valence-electron chi connectivity index (χ1n) is 8.99. The molecule has 3 N–H and O–H groups in total. The van der Waals surface area contributed by atoms with Crippen LogP contribution in [0.15, 0.2) is 18.2 Å². The van der Waals surface area contributed by atoms with Crippen LogP contribution in [0.25, 0.3) is 0 Å². The molecule has 0 aliphatic heterocycles. The van der Waals surface area contributed by atoms with Crippen molar-refractivity contribution < 1.29 is 19.8 Å². The molecule has 0 bridgehead atoms. The molecule has 1 aliphatic rings. The lowest BCUT2D eigenvalue weighted by atomic mass is 9.96. The van der Waals surface area contributed by atoms with Gasteiger partial charge in [-0.05, 0) is 38.7 Å². The molecule has 0 unspecified atom stereocenters. The number of quaternary nitrogens is 1. The number of nitro benzene ring substituents is 1. The second-order valence-electron chi connectivity index (χ2n) is 6.72. The molecule has 0 radical (unpaired) electrons. The molecule has 1 atom stereocenters. The normalized spacial score (nSPS) is 17.2. The van der Waals surface area contributed by atoms with Gasteiger partial charge in [-0.25, -0.2) is 0 Å². The number of methoxy groups -OCH3 is 1. The van der Waals surface area contributed by atoms with Crippen molar-refractivity contribution in [3.05, 3.63) is 28.3 Å². The highest BCUT2D eigenvalue weighted by atomic mass is 16.6. The van der Waals surface area contributed by atoms with Gasteiger partial charge in [-0.1, -0.05) is 19.3 Å². The van der Waals surface area contributed by atoms with E-state index in [0.717, 1.165) is 12.8 Å². The number of nitrogens with one attached hydrogen (secondary N) is 1. The van der Waals surface area contributed by atoms with Gasteiger partial charge in [-0.3, -0.25) is 14.9 Å². The maximum absolute atomic E-state index is 12.5. The van der Waals surface area contributed by atoms with Crippen molar-refractivity contribution in [1.29, 1.82) is 0 Å². The number of carbonyl (C=O) groups is 1. The van der Waals surface area contributed by atoms with Crippen molar-refractivity contribution >= 4 is 17.3 Å². The molecule has 7 nitrogen and oxygen atoms in total. The molecule has 7 heteroatoms. The average molecular weight is 350 g/mol. The summed E-state index contributed by atoms with van der Waals surface area (Å²) in [6.45, 7) is 1.89. The predicted octanol–water partition coefficient (Wildman–Crippen LogP) is 2.61. The van der Waals surface area contributed by atoms with E-state index in [4.69, 9.17) is 4.74 Å². The largest absolute Gasteiger partial charge is 0.494 e. The number of hydrogen-bond donors (Lipinski definition) is 2. The average Bonchev–Trinajstić information content (AvgIpc) is 2.57. The van der Waals surface area contributed by atoms with Gasteiger partial charge in [-0.2, -0.15) is 0 Å². The fourth-order valence-electron chi connectivity index (χ4n) is 3.32. The molecular formula is C18H28N3O4+. The first-order valence-corrected chi connectivity index (χ1v) is 8.99. The molecule has 0 aromatic heterocycles. The summed E-state index contributed by atoms with van der Waals surface area (Å²) in [5.74, 6) is 0.176. The topological polar surface area (TPSA) is 98.1 Å². The first kappa shape index (κ1) is 19.2. The number of ether oxygens (including phenoxy) is 1. The Morgan fingerprint density at radius 2 is 1.92 bits per heavy atom. The number of carbonyl (C=O) groups excluding carboxylic acids is 1. The van der Waals surface area contributed by atoms with Gasteiger partial charge in [-0.15, -0.1) is 0 Å². The number of nitro groups is 1. The summed E-state index contributed by atoms with van der Waals surface area (Å²) in [7, 11) is 1.43. The van der Waals surface area contributed by atoms with Crippen molar-refractivity contribution in [1.82, 2.24) is 0 Å². The highest BCUT2D eigenvalue weighted by Crippen LogP contribution is 2.29. The quantitative estimate of drug-likeness (QED) is 0.608. The summed E-state index contributed by atoms with van der Waals surface area (Å²) in [6.07, 6.45) is 8.65. The Morgan fingerprint density at radius 1 is 1.28 bits per heavy atom. The molecule has 1 amide bonds. The molecule has 1 aromatic carbocycles. The first-order chi connectivity index (χ1) is 12.0. The molecule has 1 aliphatic carbocycles. The van der Waals surface area contributed by atoms with Gasteiger partial charge in [0, 0.05) is 6.07 Å². The second-order valence-corrected chi connectivity index (χ2v) is 6.72. The van der Waals surface area contributed by atoms with Gasteiger partial charge >= 0.3 is 0 Å². The Kier molecular flexibility index (Phi) is 7.18.